The molecule has 19 heavy (non-hydrogen) atoms. The fourth-order valence-corrected chi connectivity index (χ4v) is 2.02. The summed E-state index contributed by atoms with van der Waals surface area (Å²) in [5.41, 5.74) is 8.00. The maximum atomic E-state index is 6.02. The lowest BCUT2D eigenvalue weighted by atomic mass is 10.1. The van der Waals surface area contributed by atoms with E-state index in [-0.39, 0.29) is 12.1 Å². The first-order chi connectivity index (χ1) is 9.08. The van der Waals surface area contributed by atoms with Crippen molar-refractivity contribution in [2.45, 2.75) is 26.0 Å². The summed E-state index contributed by atoms with van der Waals surface area (Å²) in [6.07, 6.45) is 3.26. The number of nitrogens with two attached hydrogens (primary N) is 1. The van der Waals surface area contributed by atoms with Crippen molar-refractivity contribution in [2.24, 2.45) is 5.73 Å². The van der Waals surface area contributed by atoms with Crippen LogP contribution in [0.4, 0.5) is 0 Å². The predicted octanol–water partition coefficient (Wildman–Crippen LogP) is 3.51. The summed E-state index contributed by atoms with van der Waals surface area (Å²) in [5.74, 6) is 0.749. The summed E-state index contributed by atoms with van der Waals surface area (Å²) >= 11 is 6.00. The lowest BCUT2D eigenvalue weighted by Gasteiger charge is -2.23. The maximum Gasteiger partial charge on any atom is 0.140 e. The molecule has 0 amide bonds. The molecule has 2 aromatic rings. The summed E-state index contributed by atoms with van der Waals surface area (Å²) < 4.78 is 6.02. The van der Waals surface area contributed by atoms with Gasteiger partial charge in [-0.15, -0.1) is 0 Å². The van der Waals surface area contributed by atoms with E-state index in [1.165, 1.54) is 0 Å². The van der Waals surface area contributed by atoms with Crippen molar-refractivity contribution in [1.82, 2.24) is 4.98 Å². The molecule has 0 saturated carbocycles. The smallest absolute Gasteiger partial charge is 0.140 e. The van der Waals surface area contributed by atoms with E-state index in [0.717, 1.165) is 16.9 Å². The predicted molar refractivity (Wildman–Crippen MR) is 77.4 cm³/mol. The monoisotopic (exact) mass is 276 g/mol. The summed E-state index contributed by atoms with van der Waals surface area (Å²) in [6.45, 7) is 3.89. The van der Waals surface area contributed by atoms with Gasteiger partial charge in [0.05, 0.1) is 0 Å². The summed E-state index contributed by atoms with van der Waals surface area (Å²) in [5, 5.41) is 0.648. The van der Waals surface area contributed by atoms with Crippen LogP contribution in [0, 0.1) is 6.92 Å². The Morgan fingerprint density at radius 2 is 2.11 bits per heavy atom. The van der Waals surface area contributed by atoms with Crippen LogP contribution in [0.1, 0.15) is 24.2 Å². The Morgan fingerprint density at radius 3 is 2.74 bits per heavy atom. The number of pyridine rings is 1. The number of ether oxygens (including phenoxy) is 1. The molecule has 0 aliphatic rings. The van der Waals surface area contributed by atoms with Gasteiger partial charge >= 0.3 is 0 Å². The van der Waals surface area contributed by atoms with Gasteiger partial charge in [0.1, 0.15) is 11.9 Å². The van der Waals surface area contributed by atoms with Crippen LogP contribution in [0.15, 0.2) is 42.7 Å². The normalized spacial score (nSPS) is 13.9. The zero-order valence-corrected chi connectivity index (χ0v) is 11.8. The molecule has 4 heteroatoms. The minimum atomic E-state index is -0.245. The van der Waals surface area contributed by atoms with E-state index in [0.29, 0.717) is 5.02 Å². The van der Waals surface area contributed by atoms with E-state index in [1.54, 1.807) is 12.4 Å². The second-order valence-electron chi connectivity index (χ2n) is 4.59. The van der Waals surface area contributed by atoms with Gasteiger partial charge < -0.3 is 10.5 Å². The van der Waals surface area contributed by atoms with Gasteiger partial charge in [-0.1, -0.05) is 23.7 Å². The summed E-state index contributed by atoms with van der Waals surface area (Å²) in [4.78, 5) is 4.11. The minimum absolute atomic E-state index is 0.150. The molecule has 2 atom stereocenters. The zero-order valence-electron chi connectivity index (χ0n) is 11.0. The number of hydrogen-bond donors (Lipinski definition) is 1. The van der Waals surface area contributed by atoms with Gasteiger partial charge in [0.15, 0.2) is 0 Å². The van der Waals surface area contributed by atoms with Crippen LogP contribution in [-0.2, 0) is 0 Å². The van der Waals surface area contributed by atoms with E-state index < -0.39 is 0 Å². The third-order valence-electron chi connectivity index (χ3n) is 2.89. The van der Waals surface area contributed by atoms with Gasteiger partial charge in [0.25, 0.3) is 0 Å². The van der Waals surface area contributed by atoms with E-state index in [2.05, 4.69) is 4.98 Å². The first-order valence-corrected chi connectivity index (χ1v) is 6.54. The Hall–Kier alpha value is -1.58. The number of benzene rings is 1. The number of hydrogen-bond acceptors (Lipinski definition) is 3. The third-order valence-corrected chi connectivity index (χ3v) is 3.13. The molecule has 100 valence electrons. The molecule has 0 saturated heterocycles. The zero-order chi connectivity index (χ0) is 13.8. The number of aryl methyl sites for hydroxylation is 1. The molecule has 2 N–H and O–H groups in total. The van der Waals surface area contributed by atoms with Crippen LogP contribution >= 0.6 is 11.6 Å². The largest absolute Gasteiger partial charge is 0.484 e. The van der Waals surface area contributed by atoms with Gasteiger partial charge in [-0.25, -0.2) is 0 Å². The Balaban J connectivity index is 2.29. The second kappa shape index (κ2) is 6.04. The van der Waals surface area contributed by atoms with Crippen LogP contribution in [-0.4, -0.2) is 11.0 Å². The van der Waals surface area contributed by atoms with Crippen LogP contribution in [0.5, 0.6) is 5.75 Å². The lowest BCUT2D eigenvalue weighted by Crippen LogP contribution is -2.29. The topological polar surface area (TPSA) is 48.1 Å². The van der Waals surface area contributed by atoms with Gasteiger partial charge in [0.2, 0.25) is 0 Å². The van der Waals surface area contributed by atoms with Crippen molar-refractivity contribution in [3.63, 3.8) is 0 Å². The van der Waals surface area contributed by atoms with Crippen molar-refractivity contribution < 1.29 is 4.74 Å². The molecule has 0 fully saturated rings. The standard InChI is InChI=1S/C15H17ClN2O/c1-10-5-6-13(16)8-14(10)19-15(11(2)17)12-4-3-7-18-9-12/h3-9,11,15H,17H2,1-2H3. The SMILES string of the molecule is Cc1ccc(Cl)cc1OC(c1cccnc1)C(C)N. The van der Waals surface area contributed by atoms with Gasteiger partial charge in [0, 0.05) is 29.0 Å². The molecule has 1 aromatic heterocycles. The van der Waals surface area contributed by atoms with Crippen molar-refractivity contribution >= 4 is 11.6 Å². The Morgan fingerprint density at radius 1 is 1.32 bits per heavy atom. The molecule has 1 aromatic carbocycles. The number of nitrogens with zero attached hydrogens (tertiary/aromatic N) is 1. The van der Waals surface area contributed by atoms with Crippen LogP contribution < -0.4 is 10.5 Å². The van der Waals surface area contributed by atoms with E-state index >= 15 is 0 Å². The number of aromatic nitrogens is 1. The van der Waals surface area contributed by atoms with E-state index in [9.17, 15) is 0 Å². The van der Waals surface area contributed by atoms with Crippen molar-refractivity contribution in [3.8, 4) is 5.75 Å². The molecule has 2 rings (SSSR count). The fraction of sp³-hybridized carbons (Fsp3) is 0.267. The molecule has 3 nitrogen and oxygen atoms in total. The number of rotatable bonds is 4. The molecule has 2 unspecified atom stereocenters. The third kappa shape index (κ3) is 3.46. The molecule has 0 aliphatic heterocycles. The first kappa shape index (κ1) is 13.8. The average Bonchev–Trinajstić information content (AvgIpc) is 2.40. The van der Waals surface area contributed by atoms with Crippen LogP contribution in [0.2, 0.25) is 5.02 Å². The second-order valence-corrected chi connectivity index (χ2v) is 5.03. The van der Waals surface area contributed by atoms with Gasteiger partial charge in [-0.2, -0.15) is 0 Å². The Bertz CT molecular complexity index is 543. The van der Waals surface area contributed by atoms with Crippen LogP contribution in [0.25, 0.3) is 0 Å². The van der Waals surface area contributed by atoms with E-state index in [4.69, 9.17) is 22.1 Å². The van der Waals surface area contributed by atoms with Crippen LogP contribution in [0.3, 0.4) is 0 Å². The highest BCUT2D eigenvalue weighted by atomic mass is 35.5. The van der Waals surface area contributed by atoms with E-state index in [1.807, 2.05) is 44.2 Å². The highest BCUT2D eigenvalue weighted by molar-refractivity contribution is 6.30. The molecule has 0 bridgehead atoms. The fourth-order valence-electron chi connectivity index (χ4n) is 1.86. The average molecular weight is 277 g/mol. The molecule has 0 aliphatic carbocycles. The number of halogens is 1. The Kier molecular flexibility index (Phi) is 4.40. The lowest BCUT2D eigenvalue weighted by molar-refractivity contribution is 0.179. The van der Waals surface area contributed by atoms with Crippen molar-refractivity contribution in [1.29, 1.82) is 0 Å². The summed E-state index contributed by atoms with van der Waals surface area (Å²) in [6, 6.07) is 9.26. The summed E-state index contributed by atoms with van der Waals surface area (Å²) in [7, 11) is 0. The quantitative estimate of drug-likeness (QED) is 0.930. The highest BCUT2D eigenvalue weighted by Crippen LogP contribution is 2.28. The van der Waals surface area contributed by atoms with Crippen molar-refractivity contribution in [3.05, 3.63) is 58.9 Å². The first-order valence-electron chi connectivity index (χ1n) is 6.16. The highest BCUT2D eigenvalue weighted by Gasteiger charge is 2.19. The molecular weight excluding hydrogens is 260 g/mol. The maximum absolute atomic E-state index is 6.02. The van der Waals surface area contributed by atoms with Gasteiger partial charge in [-0.3, -0.25) is 4.98 Å². The molecule has 0 radical (unpaired) electrons. The molecular formula is C15H17ClN2O. The van der Waals surface area contributed by atoms with Crippen molar-refractivity contribution in [2.75, 3.05) is 0 Å². The van der Waals surface area contributed by atoms with Gasteiger partial charge in [-0.05, 0) is 37.6 Å². The molecule has 0 spiro atoms. The molecule has 1 heterocycles. The Labute approximate surface area is 118 Å². The minimum Gasteiger partial charge on any atom is -0.484 e.